The van der Waals surface area contributed by atoms with Crippen molar-refractivity contribution in [3.63, 3.8) is 0 Å². The molecule has 0 bridgehead atoms. The monoisotopic (exact) mass is 423 g/mol. The Morgan fingerprint density at radius 3 is 2.74 bits per heavy atom. The van der Waals surface area contributed by atoms with E-state index in [0.717, 1.165) is 12.8 Å². The number of rotatable bonds is 9. The summed E-state index contributed by atoms with van der Waals surface area (Å²) in [6.45, 7) is 0.208. The molecule has 0 radical (unpaired) electrons. The summed E-state index contributed by atoms with van der Waals surface area (Å²) in [7, 11) is 0. The number of fused-ring (bicyclic) bond motifs is 1. The van der Waals surface area contributed by atoms with Gasteiger partial charge in [-0.05, 0) is 35.6 Å². The number of imidazole rings is 1. The van der Waals surface area contributed by atoms with Crippen LogP contribution in [0.2, 0.25) is 0 Å². The Hall–Kier alpha value is -3.72. The van der Waals surface area contributed by atoms with Gasteiger partial charge in [-0.1, -0.05) is 42.5 Å². The molecule has 3 aromatic rings. The van der Waals surface area contributed by atoms with Crippen LogP contribution in [0.25, 0.3) is 10.8 Å². The Morgan fingerprint density at radius 2 is 1.94 bits per heavy atom. The third kappa shape index (κ3) is 6.38. The number of aryl methyl sites for hydroxylation is 1. The quantitative estimate of drug-likeness (QED) is 0.205. The van der Waals surface area contributed by atoms with Crippen LogP contribution in [-0.4, -0.2) is 38.6 Å². The first-order chi connectivity index (χ1) is 14.9. The molecule has 0 aliphatic rings. The molecule has 0 saturated heterocycles. The first kappa shape index (κ1) is 22.0. The molecule has 0 fully saturated rings. The van der Waals surface area contributed by atoms with Gasteiger partial charge in [0.25, 0.3) is 5.91 Å². The van der Waals surface area contributed by atoms with Crippen LogP contribution in [0.4, 0.5) is 0 Å². The highest BCUT2D eigenvalue weighted by Gasteiger charge is 2.16. The Kier molecular flexibility index (Phi) is 7.34. The first-order valence-corrected chi connectivity index (χ1v) is 9.91. The zero-order valence-electron chi connectivity index (χ0n) is 17.0. The summed E-state index contributed by atoms with van der Waals surface area (Å²) in [5.41, 5.74) is 11.4. The normalized spacial score (nSPS) is 11.8. The fraction of sp³-hybridized carbons (Fsp3) is 0.273. The second-order valence-corrected chi connectivity index (χ2v) is 7.13. The summed E-state index contributed by atoms with van der Waals surface area (Å²) in [4.78, 5) is 30.5. The van der Waals surface area contributed by atoms with Crippen LogP contribution in [0.15, 0.2) is 59.9 Å². The van der Waals surface area contributed by atoms with Gasteiger partial charge in [-0.3, -0.25) is 14.2 Å². The molecule has 0 spiro atoms. The maximum Gasteiger partial charge on any atom is 0.323 e. The number of hydrogen-bond donors (Lipinski definition) is 3. The van der Waals surface area contributed by atoms with Crippen molar-refractivity contribution in [1.29, 1.82) is 0 Å². The Labute approximate surface area is 179 Å². The number of carbonyl (C=O) groups is 2. The van der Waals surface area contributed by atoms with E-state index >= 15 is 0 Å². The molecule has 1 amide bonds. The minimum absolute atomic E-state index is 0.00407. The Balaban J connectivity index is 1.50. The molecule has 1 unspecified atom stereocenters. The van der Waals surface area contributed by atoms with Crippen LogP contribution >= 0.6 is 0 Å². The van der Waals surface area contributed by atoms with E-state index in [2.05, 4.69) is 34.2 Å². The van der Waals surface area contributed by atoms with Gasteiger partial charge < -0.3 is 21.3 Å². The number of aliphatic hydroxyl groups excluding tert-OH is 1. The second-order valence-electron chi connectivity index (χ2n) is 7.13. The molecule has 5 N–H and O–H groups in total. The van der Waals surface area contributed by atoms with E-state index in [1.54, 1.807) is 6.20 Å². The molecule has 1 aromatic heterocycles. The minimum atomic E-state index is -0.840. The molecule has 31 heavy (non-hydrogen) atoms. The SMILES string of the molecule is NC(N)=NC(=O)CC(=O)Oc1nccn1CC(O)CCCc1cccc2ccccc12. The predicted molar refractivity (Wildman–Crippen MR) is 116 cm³/mol. The summed E-state index contributed by atoms with van der Waals surface area (Å²) in [5.74, 6) is -2.07. The van der Waals surface area contributed by atoms with Crippen LogP contribution in [0, 0.1) is 0 Å². The van der Waals surface area contributed by atoms with E-state index < -0.39 is 30.4 Å². The van der Waals surface area contributed by atoms with Gasteiger partial charge in [-0.25, -0.2) is 4.98 Å². The van der Waals surface area contributed by atoms with Crippen molar-refractivity contribution in [2.75, 3.05) is 0 Å². The number of nitrogens with zero attached hydrogens (tertiary/aromatic N) is 3. The molecular formula is C22H25N5O4. The molecule has 9 nitrogen and oxygen atoms in total. The lowest BCUT2D eigenvalue weighted by Gasteiger charge is -2.13. The number of carbonyl (C=O) groups excluding carboxylic acids is 2. The van der Waals surface area contributed by atoms with Crippen molar-refractivity contribution in [2.45, 2.75) is 38.3 Å². The van der Waals surface area contributed by atoms with E-state index in [4.69, 9.17) is 16.2 Å². The van der Waals surface area contributed by atoms with Crippen LogP contribution in [0.3, 0.4) is 0 Å². The highest BCUT2D eigenvalue weighted by atomic mass is 16.5. The molecule has 3 rings (SSSR count). The zero-order chi connectivity index (χ0) is 22.2. The van der Waals surface area contributed by atoms with Crippen LogP contribution in [-0.2, 0) is 22.6 Å². The summed E-state index contributed by atoms with van der Waals surface area (Å²) in [6, 6.07) is 14.4. The summed E-state index contributed by atoms with van der Waals surface area (Å²) in [6.07, 6.45) is 3.99. The topological polar surface area (TPSA) is 146 Å². The van der Waals surface area contributed by atoms with Crippen molar-refractivity contribution in [1.82, 2.24) is 9.55 Å². The number of hydrogen-bond acceptors (Lipinski definition) is 5. The van der Waals surface area contributed by atoms with Crippen LogP contribution < -0.4 is 16.2 Å². The Bertz CT molecular complexity index is 1080. The van der Waals surface area contributed by atoms with Gasteiger partial charge in [-0.2, -0.15) is 4.99 Å². The van der Waals surface area contributed by atoms with Gasteiger partial charge in [0.15, 0.2) is 5.96 Å². The highest BCUT2D eigenvalue weighted by molar-refractivity contribution is 6.00. The van der Waals surface area contributed by atoms with E-state index in [9.17, 15) is 14.7 Å². The number of amides is 1. The predicted octanol–water partition coefficient (Wildman–Crippen LogP) is 1.52. The van der Waals surface area contributed by atoms with Gasteiger partial charge in [0, 0.05) is 12.4 Å². The Morgan fingerprint density at radius 1 is 1.16 bits per heavy atom. The fourth-order valence-corrected chi connectivity index (χ4v) is 3.34. The number of aliphatic hydroxyl groups is 1. The fourth-order valence-electron chi connectivity index (χ4n) is 3.34. The smallest absolute Gasteiger partial charge is 0.323 e. The van der Waals surface area contributed by atoms with Gasteiger partial charge >= 0.3 is 12.0 Å². The maximum atomic E-state index is 11.9. The van der Waals surface area contributed by atoms with E-state index in [0.29, 0.717) is 6.42 Å². The molecule has 1 atom stereocenters. The zero-order valence-corrected chi connectivity index (χ0v) is 17.0. The molecule has 9 heteroatoms. The van der Waals surface area contributed by atoms with Gasteiger partial charge in [0.05, 0.1) is 12.6 Å². The van der Waals surface area contributed by atoms with Gasteiger partial charge in [0.2, 0.25) is 0 Å². The molecule has 0 aliphatic heterocycles. The lowest BCUT2D eigenvalue weighted by atomic mass is 9.99. The minimum Gasteiger partial charge on any atom is -0.392 e. The molecule has 0 aliphatic carbocycles. The molecule has 2 aromatic carbocycles. The number of guanidine groups is 1. The molecular weight excluding hydrogens is 398 g/mol. The van der Waals surface area contributed by atoms with E-state index in [1.165, 1.54) is 27.1 Å². The third-order valence-corrected chi connectivity index (χ3v) is 4.70. The van der Waals surface area contributed by atoms with Gasteiger partial charge in [-0.15, -0.1) is 0 Å². The van der Waals surface area contributed by atoms with E-state index in [-0.39, 0.29) is 12.6 Å². The summed E-state index contributed by atoms with van der Waals surface area (Å²) < 4.78 is 6.61. The maximum absolute atomic E-state index is 11.9. The average molecular weight is 423 g/mol. The molecule has 1 heterocycles. The van der Waals surface area contributed by atoms with Crippen molar-refractivity contribution >= 4 is 28.6 Å². The average Bonchev–Trinajstić information content (AvgIpc) is 3.13. The van der Waals surface area contributed by atoms with Crippen molar-refractivity contribution in [2.24, 2.45) is 16.5 Å². The van der Waals surface area contributed by atoms with Crippen LogP contribution in [0.1, 0.15) is 24.8 Å². The first-order valence-electron chi connectivity index (χ1n) is 9.91. The van der Waals surface area contributed by atoms with E-state index in [1.807, 2.05) is 18.2 Å². The highest BCUT2D eigenvalue weighted by Crippen LogP contribution is 2.21. The second kappa shape index (κ2) is 10.4. The number of ether oxygens (including phenoxy) is 1. The molecule has 162 valence electrons. The number of aromatic nitrogens is 2. The third-order valence-electron chi connectivity index (χ3n) is 4.70. The lowest BCUT2D eigenvalue weighted by molar-refractivity contribution is -0.138. The number of nitrogens with two attached hydrogens (primary N) is 2. The number of esters is 1. The van der Waals surface area contributed by atoms with Crippen molar-refractivity contribution in [3.8, 4) is 6.01 Å². The number of aliphatic imine (C=N–C) groups is 1. The summed E-state index contributed by atoms with van der Waals surface area (Å²) in [5, 5.41) is 12.8. The van der Waals surface area contributed by atoms with Gasteiger partial charge in [0.1, 0.15) is 6.42 Å². The summed E-state index contributed by atoms with van der Waals surface area (Å²) >= 11 is 0. The largest absolute Gasteiger partial charge is 0.392 e. The van der Waals surface area contributed by atoms with Crippen molar-refractivity contribution in [3.05, 3.63) is 60.4 Å². The van der Waals surface area contributed by atoms with Crippen LogP contribution in [0.5, 0.6) is 6.01 Å². The van der Waals surface area contributed by atoms with Crippen molar-refractivity contribution < 1.29 is 19.4 Å². The number of benzene rings is 2. The lowest BCUT2D eigenvalue weighted by Crippen LogP contribution is -2.25. The molecule has 0 saturated carbocycles. The standard InChI is InChI=1S/C22H25N5O4/c23-21(24)26-19(29)13-20(30)31-22-25-11-12-27(22)14-17(28)9-4-8-16-7-3-6-15-5-1-2-10-18(15)16/h1-3,5-7,10-12,17,28H,4,8-9,13-14H2,(H4,23,24,26,29).